The van der Waals surface area contributed by atoms with E-state index in [9.17, 15) is 4.79 Å². The molecule has 0 saturated carbocycles. The maximum Gasteiger partial charge on any atom is 0.231 e. The number of aromatic nitrogens is 2. The molecule has 3 heterocycles. The van der Waals surface area contributed by atoms with Gasteiger partial charge in [0, 0.05) is 44.3 Å². The van der Waals surface area contributed by atoms with Crippen molar-refractivity contribution in [1.82, 2.24) is 20.2 Å². The number of carbonyl (C=O) groups is 1. The standard InChI is InChI=1S/C30H35N7O/c1-21(2)33-22(3)24-11-9-23(10-12-24)13-17-31-29-32-18-14-27(35-29)36-20-16-28(38)37-19-15-26(34-30(36)37)25-7-5-4-6-8-25/h4-12,14-15,18,21-22,33H,13,16-17,19-20H2,1-3H3,(H,31,32,35). The first-order chi connectivity index (χ1) is 18.5. The molecule has 2 N–H and O–H groups in total. The van der Waals surface area contributed by atoms with E-state index in [1.54, 1.807) is 11.1 Å². The van der Waals surface area contributed by atoms with Crippen LogP contribution in [0.2, 0.25) is 0 Å². The average molecular weight is 510 g/mol. The van der Waals surface area contributed by atoms with Crippen molar-refractivity contribution >= 4 is 29.3 Å². The number of fused-ring (bicyclic) bond motifs is 1. The molecule has 3 aromatic rings. The number of nitrogens with one attached hydrogen (secondary N) is 2. The number of nitrogens with zero attached hydrogens (tertiary/aromatic N) is 5. The Bertz CT molecular complexity index is 1320. The van der Waals surface area contributed by atoms with E-state index in [0.29, 0.717) is 43.5 Å². The summed E-state index contributed by atoms with van der Waals surface area (Å²) < 4.78 is 0. The molecule has 0 spiro atoms. The van der Waals surface area contributed by atoms with Crippen molar-refractivity contribution in [3.05, 3.63) is 89.6 Å². The van der Waals surface area contributed by atoms with Crippen molar-refractivity contribution in [3.8, 4) is 0 Å². The van der Waals surface area contributed by atoms with Crippen molar-refractivity contribution in [2.45, 2.75) is 45.7 Å². The van der Waals surface area contributed by atoms with Crippen LogP contribution >= 0.6 is 0 Å². The molecule has 2 aromatic carbocycles. The van der Waals surface area contributed by atoms with Gasteiger partial charge in [0.1, 0.15) is 5.82 Å². The van der Waals surface area contributed by atoms with Crippen LogP contribution in [0.25, 0.3) is 5.70 Å². The van der Waals surface area contributed by atoms with E-state index in [1.165, 1.54) is 11.1 Å². The second-order valence-corrected chi connectivity index (χ2v) is 9.97. The lowest BCUT2D eigenvalue weighted by Crippen LogP contribution is -2.54. The molecule has 1 amide bonds. The number of guanidine groups is 1. The molecule has 2 aliphatic rings. The van der Waals surface area contributed by atoms with Crippen LogP contribution in [0.15, 0.2) is 77.9 Å². The zero-order chi connectivity index (χ0) is 26.5. The van der Waals surface area contributed by atoms with E-state index in [2.05, 4.69) is 60.7 Å². The smallest absolute Gasteiger partial charge is 0.231 e. The fraction of sp³-hybridized carbons (Fsp3) is 0.333. The molecule has 1 atom stereocenters. The van der Waals surface area contributed by atoms with E-state index in [-0.39, 0.29) is 5.91 Å². The Kier molecular flexibility index (Phi) is 7.79. The lowest BCUT2D eigenvalue weighted by Gasteiger charge is -2.38. The topological polar surface area (TPSA) is 85.8 Å². The average Bonchev–Trinajstić information content (AvgIpc) is 2.94. The molecule has 5 rings (SSSR count). The van der Waals surface area contributed by atoms with Crippen molar-refractivity contribution in [2.24, 2.45) is 4.99 Å². The first-order valence-corrected chi connectivity index (χ1v) is 13.3. The van der Waals surface area contributed by atoms with Crippen molar-refractivity contribution in [3.63, 3.8) is 0 Å². The highest BCUT2D eigenvalue weighted by molar-refractivity contribution is 6.10. The molecular weight excluding hydrogens is 474 g/mol. The minimum Gasteiger partial charge on any atom is -0.354 e. The monoisotopic (exact) mass is 509 g/mol. The highest BCUT2D eigenvalue weighted by atomic mass is 16.2. The van der Waals surface area contributed by atoms with E-state index in [0.717, 1.165) is 30.0 Å². The molecule has 2 aliphatic heterocycles. The number of anilines is 2. The third-order valence-electron chi connectivity index (χ3n) is 6.77. The normalized spacial score (nSPS) is 16.2. The zero-order valence-corrected chi connectivity index (χ0v) is 22.3. The fourth-order valence-electron chi connectivity index (χ4n) is 4.82. The molecule has 0 aliphatic carbocycles. The van der Waals surface area contributed by atoms with E-state index in [1.807, 2.05) is 47.4 Å². The Labute approximate surface area is 224 Å². The Morgan fingerprint density at radius 3 is 2.53 bits per heavy atom. The molecule has 38 heavy (non-hydrogen) atoms. The largest absolute Gasteiger partial charge is 0.354 e. The van der Waals surface area contributed by atoms with Gasteiger partial charge in [0.15, 0.2) is 0 Å². The summed E-state index contributed by atoms with van der Waals surface area (Å²) in [4.78, 5) is 30.4. The van der Waals surface area contributed by atoms with Crippen molar-refractivity contribution in [1.29, 1.82) is 0 Å². The third kappa shape index (κ3) is 5.92. The quantitative estimate of drug-likeness (QED) is 0.437. The van der Waals surface area contributed by atoms with Gasteiger partial charge in [0.05, 0.1) is 5.70 Å². The first-order valence-electron chi connectivity index (χ1n) is 13.3. The summed E-state index contributed by atoms with van der Waals surface area (Å²) in [5.74, 6) is 1.99. The van der Waals surface area contributed by atoms with Crippen LogP contribution < -0.4 is 15.5 Å². The number of aliphatic imine (C=N–C) groups is 1. The van der Waals surface area contributed by atoms with E-state index < -0.39 is 0 Å². The highest BCUT2D eigenvalue weighted by Crippen LogP contribution is 2.26. The molecule has 8 nitrogen and oxygen atoms in total. The van der Waals surface area contributed by atoms with Gasteiger partial charge in [-0.25, -0.2) is 9.98 Å². The highest BCUT2D eigenvalue weighted by Gasteiger charge is 2.33. The molecule has 1 fully saturated rings. The number of carbonyl (C=O) groups excluding carboxylic acids is 1. The molecule has 1 aromatic heterocycles. The number of benzene rings is 2. The van der Waals surface area contributed by atoms with Crippen LogP contribution in [0.5, 0.6) is 0 Å². The lowest BCUT2D eigenvalue weighted by molar-refractivity contribution is -0.127. The molecule has 8 heteroatoms. The Balaban J connectivity index is 1.25. The number of hydrogen-bond donors (Lipinski definition) is 2. The van der Waals surface area contributed by atoms with Gasteiger partial charge in [-0.15, -0.1) is 0 Å². The third-order valence-corrected chi connectivity index (χ3v) is 6.77. The van der Waals surface area contributed by atoms with Crippen molar-refractivity contribution in [2.75, 3.05) is 29.9 Å². The van der Waals surface area contributed by atoms with Gasteiger partial charge in [-0.3, -0.25) is 14.6 Å². The summed E-state index contributed by atoms with van der Waals surface area (Å²) in [6, 6.07) is 21.4. The van der Waals surface area contributed by atoms with Crippen LogP contribution in [-0.4, -0.2) is 52.4 Å². The van der Waals surface area contributed by atoms with Gasteiger partial charge in [-0.05, 0) is 42.2 Å². The minimum atomic E-state index is 0.0798. The van der Waals surface area contributed by atoms with Crippen LogP contribution in [0, 0.1) is 0 Å². The number of rotatable bonds is 9. The summed E-state index contributed by atoms with van der Waals surface area (Å²) in [6.07, 6.45) is 5.04. The van der Waals surface area contributed by atoms with E-state index >= 15 is 0 Å². The molecular formula is C30H35N7O. The summed E-state index contributed by atoms with van der Waals surface area (Å²) in [7, 11) is 0. The molecule has 196 valence electrons. The second kappa shape index (κ2) is 11.6. The predicted octanol–water partition coefficient (Wildman–Crippen LogP) is 4.64. The zero-order valence-electron chi connectivity index (χ0n) is 22.3. The fourth-order valence-corrected chi connectivity index (χ4v) is 4.82. The first kappa shape index (κ1) is 25.6. The summed E-state index contributed by atoms with van der Waals surface area (Å²) in [5, 5.41) is 6.90. The minimum absolute atomic E-state index is 0.0798. The van der Waals surface area contributed by atoms with Gasteiger partial charge in [0.2, 0.25) is 17.8 Å². The summed E-state index contributed by atoms with van der Waals surface area (Å²) >= 11 is 0. The molecule has 1 unspecified atom stereocenters. The van der Waals surface area contributed by atoms with Gasteiger partial charge < -0.3 is 10.6 Å². The van der Waals surface area contributed by atoms with Crippen LogP contribution in [-0.2, 0) is 11.2 Å². The lowest BCUT2D eigenvalue weighted by atomic mass is 10.0. The molecule has 1 saturated heterocycles. The SMILES string of the molecule is CC(C)NC(C)c1ccc(CCNc2nccc(N3CCC(=O)N4CC=C(c5ccccc5)N=C43)n2)cc1. The van der Waals surface area contributed by atoms with E-state index in [4.69, 9.17) is 9.98 Å². The summed E-state index contributed by atoms with van der Waals surface area (Å²) in [6.45, 7) is 8.26. The Morgan fingerprint density at radius 1 is 0.974 bits per heavy atom. The second-order valence-electron chi connectivity index (χ2n) is 9.97. The van der Waals surface area contributed by atoms with Crippen LogP contribution in [0.3, 0.4) is 0 Å². The predicted molar refractivity (Wildman–Crippen MR) is 153 cm³/mol. The van der Waals surface area contributed by atoms with Gasteiger partial charge in [0.25, 0.3) is 0 Å². The number of hydrogen-bond acceptors (Lipinski definition) is 7. The number of amides is 1. The molecule has 0 radical (unpaired) electrons. The van der Waals surface area contributed by atoms with Crippen LogP contribution in [0.1, 0.15) is 49.9 Å². The van der Waals surface area contributed by atoms with Gasteiger partial charge >= 0.3 is 0 Å². The maximum atomic E-state index is 12.6. The Hall–Kier alpha value is -4.04. The Morgan fingerprint density at radius 2 is 1.76 bits per heavy atom. The van der Waals surface area contributed by atoms with Crippen LogP contribution in [0.4, 0.5) is 11.8 Å². The maximum absolute atomic E-state index is 12.6. The summed E-state index contributed by atoms with van der Waals surface area (Å²) in [5.41, 5.74) is 4.44. The molecule has 0 bridgehead atoms. The van der Waals surface area contributed by atoms with Crippen molar-refractivity contribution < 1.29 is 4.79 Å². The van der Waals surface area contributed by atoms with Gasteiger partial charge in [-0.1, -0.05) is 68.4 Å². The van der Waals surface area contributed by atoms with Gasteiger partial charge in [-0.2, -0.15) is 4.98 Å².